The van der Waals surface area contributed by atoms with Crippen LogP contribution in [0.4, 0.5) is 5.95 Å². The number of rotatable bonds is 2. The summed E-state index contributed by atoms with van der Waals surface area (Å²) >= 11 is 0. The molecule has 0 aliphatic heterocycles. The molecule has 0 fully saturated rings. The van der Waals surface area contributed by atoms with E-state index < -0.39 is 0 Å². The van der Waals surface area contributed by atoms with Gasteiger partial charge < -0.3 is 0 Å². The molecule has 0 saturated heterocycles. The minimum Gasteiger partial charge on any atom is -0.275 e. The molecule has 0 aliphatic carbocycles. The van der Waals surface area contributed by atoms with Crippen LogP contribution in [0, 0.1) is 0 Å². The van der Waals surface area contributed by atoms with E-state index in [1.54, 1.807) is 31.9 Å². The number of amides is 1. The normalized spacial score (nSPS) is 8.90. The molecule has 4 nitrogen and oxygen atoms in total. The summed E-state index contributed by atoms with van der Waals surface area (Å²) in [5.41, 5.74) is 0. The first-order valence-electron chi connectivity index (χ1n) is 2.73. The molecule has 1 heterocycles. The second-order valence-corrected chi connectivity index (χ2v) is 1.70. The van der Waals surface area contributed by atoms with Gasteiger partial charge in [0.2, 0.25) is 5.95 Å². The maximum absolute atomic E-state index is 10.0. The molecular formula is C6H6N3O. The second kappa shape index (κ2) is 2.91. The van der Waals surface area contributed by atoms with Crippen LogP contribution >= 0.6 is 0 Å². The summed E-state index contributed by atoms with van der Waals surface area (Å²) in [5.74, 6) is 0.359. The molecule has 0 aliphatic rings. The van der Waals surface area contributed by atoms with Gasteiger partial charge in [0.1, 0.15) is 0 Å². The zero-order chi connectivity index (χ0) is 7.40. The molecule has 0 bridgehead atoms. The van der Waals surface area contributed by atoms with Gasteiger partial charge in [-0.1, -0.05) is 0 Å². The largest absolute Gasteiger partial charge is 0.319 e. The lowest BCUT2D eigenvalue weighted by Crippen LogP contribution is -2.16. The second-order valence-electron chi connectivity index (χ2n) is 1.70. The molecule has 4 heteroatoms. The Labute approximate surface area is 58.5 Å². The summed E-state index contributed by atoms with van der Waals surface area (Å²) in [4.78, 5) is 18.8. The fourth-order valence-corrected chi connectivity index (χ4v) is 0.505. The van der Waals surface area contributed by atoms with Gasteiger partial charge in [0.15, 0.2) is 0 Å². The molecule has 51 valence electrons. The van der Waals surface area contributed by atoms with Crippen molar-refractivity contribution < 1.29 is 4.79 Å². The molecule has 0 aromatic carbocycles. The van der Waals surface area contributed by atoms with Crippen molar-refractivity contribution >= 4 is 12.4 Å². The predicted octanol–water partition coefficient (Wildman–Crippen LogP) is -0.0200. The molecule has 1 radical (unpaired) electrons. The maximum atomic E-state index is 10.0. The molecule has 0 atom stereocenters. The van der Waals surface area contributed by atoms with E-state index in [1.807, 2.05) is 0 Å². The van der Waals surface area contributed by atoms with Gasteiger partial charge in [-0.2, -0.15) is 0 Å². The highest BCUT2D eigenvalue weighted by Gasteiger charge is 1.98. The standard InChI is InChI=1S/C6H6N3O/c1-9(5-10)6-7-3-2-4-8-6/h2-4H,1H3. The summed E-state index contributed by atoms with van der Waals surface area (Å²) in [5, 5.41) is 0. The van der Waals surface area contributed by atoms with Crippen LogP contribution in [0.5, 0.6) is 0 Å². The average Bonchev–Trinajstić information content (AvgIpc) is 2.05. The van der Waals surface area contributed by atoms with Crippen molar-refractivity contribution in [2.45, 2.75) is 0 Å². The van der Waals surface area contributed by atoms with Crippen molar-refractivity contribution in [3.8, 4) is 0 Å². The van der Waals surface area contributed by atoms with Crippen LogP contribution < -0.4 is 4.90 Å². The summed E-state index contributed by atoms with van der Waals surface area (Å²) in [6.07, 6.45) is 4.77. The predicted molar refractivity (Wildman–Crippen MR) is 36.1 cm³/mol. The zero-order valence-electron chi connectivity index (χ0n) is 5.48. The van der Waals surface area contributed by atoms with Crippen molar-refractivity contribution in [3.05, 3.63) is 18.5 Å². The Bertz CT molecular complexity index is 211. The monoisotopic (exact) mass is 136 g/mol. The summed E-state index contributed by atoms with van der Waals surface area (Å²) in [6, 6.07) is 1.68. The number of hydrogen-bond donors (Lipinski definition) is 0. The van der Waals surface area contributed by atoms with Gasteiger partial charge in [0, 0.05) is 19.4 Å². The topological polar surface area (TPSA) is 46.1 Å². The first-order valence-corrected chi connectivity index (χ1v) is 2.73. The smallest absolute Gasteiger partial charge is 0.275 e. The van der Waals surface area contributed by atoms with Crippen LogP contribution in [0.3, 0.4) is 0 Å². The Morgan fingerprint density at radius 3 is 2.60 bits per heavy atom. The molecule has 0 unspecified atom stereocenters. The molecule has 1 amide bonds. The maximum Gasteiger partial charge on any atom is 0.319 e. The Balaban J connectivity index is 2.84. The van der Waals surface area contributed by atoms with Crippen LogP contribution in [0.25, 0.3) is 0 Å². The fourth-order valence-electron chi connectivity index (χ4n) is 0.505. The third-order valence-corrected chi connectivity index (χ3v) is 0.989. The summed E-state index contributed by atoms with van der Waals surface area (Å²) < 4.78 is 0. The van der Waals surface area contributed by atoms with Gasteiger partial charge in [-0.3, -0.25) is 9.69 Å². The molecule has 1 rings (SSSR count). The zero-order valence-corrected chi connectivity index (χ0v) is 5.48. The van der Waals surface area contributed by atoms with Crippen molar-refractivity contribution in [2.24, 2.45) is 0 Å². The van der Waals surface area contributed by atoms with Gasteiger partial charge in [-0.05, 0) is 6.07 Å². The van der Waals surface area contributed by atoms with E-state index in [0.29, 0.717) is 5.95 Å². The van der Waals surface area contributed by atoms with Crippen LogP contribution in [0.15, 0.2) is 18.5 Å². The van der Waals surface area contributed by atoms with Gasteiger partial charge in [-0.25, -0.2) is 9.97 Å². The van der Waals surface area contributed by atoms with Gasteiger partial charge in [-0.15, -0.1) is 0 Å². The van der Waals surface area contributed by atoms with E-state index in [1.165, 1.54) is 4.90 Å². The highest BCUT2D eigenvalue weighted by Crippen LogP contribution is 1.96. The van der Waals surface area contributed by atoms with Crippen LogP contribution in [-0.4, -0.2) is 23.4 Å². The molecule has 1 aromatic heterocycles. The molecule has 10 heavy (non-hydrogen) atoms. The third-order valence-electron chi connectivity index (χ3n) is 0.989. The lowest BCUT2D eigenvalue weighted by atomic mass is 10.6. The lowest BCUT2D eigenvalue weighted by molar-refractivity contribution is 0.553. The Kier molecular flexibility index (Phi) is 1.94. The van der Waals surface area contributed by atoms with Crippen LogP contribution in [0.2, 0.25) is 0 Å². The van der Waals surface area contributed by atoms with Gasteiger partial charge >= 0.3 is 6.41 Å². The third kappa shape index (κ3) is 1.28. The molecular weight excluding hydrogens is 130 g/mol. The van der Waals surface area contributed by atoms with E-state index in [9.17, 15) is 4.79 Å². The van der Waals surface area contributed by atoms with Crippen molar-refractivity contribution in [3.63, 3.8) is 0 Å². The number of hydrogen-bond acceptors (Lipinski definition) is 3. The number of aromatic nitrogens is 2. The van der Waals surface area contributed by atoms with Crippen LogP contribution in [0.1, 0.15) is 0 Å². The minimum absolute atomic E-state index is 0.359. The van der Waals surface area contributed by atoms with E-state index in [0.717, 1.165) is 0 Å². The average molecular weight is 136 g/mol. The highest BCUT2D eigenvalue weighted by molar-refractivity contribution is 5.70. The number of carbonyl (C=O) groups excluding carboxylic acids is 1. The van der Waals surface area contributed by atoms with Gasteiger partial charge in [0.25, 0.3) is 0 Å². The Hall–Kier alpha value is -1.45. The quantitative estimate of drug-likeness (QED) is 0.537. The highest BCUT2D eigenvalue weighted by atomic mass is 16.1. The Morgan fingerprint density at radius 1 is 1.50 bits per heavy atom. The number of nitrogens with zero attached hydrogens (tertiary/aromatic N) is 3. The molecule has 0 N–H and O–H groups in total. The molecule has 1 aromatic rings. The SMILES string of the molecule is CN([C]=O)c1ncccn1. The minimum atomic E-state index is 0.359. The van der Waals surface area contributed by atoms with E-state index in [4.69, 9.17) is 0 Å². The van der Waals surface area contributed by atoms with E-state index in [-0.39, 0.29) is 0 Å². The first kappa shape index (κ1) is 6.67. The molecule has 0 saturated carbocycles. The van der Waals surface area contributed by atoms with Gasteiger partial charge in [0.05, 0.1) is 0 Å². The van der Waals surface area contributed by atoms with Crippen LogP contribution in [-0.2, 0) is 4.79 Å². The first-order chi connectivity index (χ1) is 4.84. The van der Waals surface area contributed by atoms with Crippen molar-refractivity contribution in [1.29, 1.82) is 0 Å². The van der Waals surface area contributed by atoms with E-state index in [2.05, 4.69) is 9.97 Å². The number of anilines is 1. The van der Waals surface area contributed by atoms with Crippen molar-refractivity contribution in [2.75, 3.05) is 11.9 Å². The Morgan fingerprint density at radius 2 is 2.10 bits per heavy atom. The fraction of sp³-hybridized carbons (Fsp3) is 0.167. The summed E-state index contributed by atoms with van der Waals surface area (Å²) in [6.45, 7) is 0. The lowest BCUT2D eigenvalue weighted by Gasteiger charge is -2.03. The summed E-state index contributed by atoms with van der Waals surface area (Å²) in [7, 11) is 1.54. The van der Waals surface area contributed by atoms with Crippen molar-refractivity contribution in [1.82, 2.24) is 9.97 Å². The van der Waals surface area contributed by atoms with E-state index >= 15 is 0 Å². The molecule has 0 spiro atoms.